The fraction of sp³-hybridized carbons (Fsp3) is 0.370. The molecule has 200 valence electrons. The van der Waals surface area contributed by atoms with Crippen molar-refractivity contribution in [1.29, 1.82) is 0 Å². The molecule has 0 saturated carbocycles. The quantitative estimate of drug-likeness (QED) is 0.468. The van der Waals surface area contributed by atoms with Crippen LogP contribution >= 0.6 is 11.6 Å². The lowest BCUT2D eigenvalue weighted by molar-refractivity contribution is -0.130. The molecular formula is C27H31ClN6O4. The van der Waals surface area contributed by atoms with Crippen LogP contribution in [-0.4, -0.2) is 51.4 Å². The number of carbonyl (C=O) groups excluding carboxylic acids is 3. The Labute approximate surface area is 226 Å². The van der Waals surface area contributed by atoms with Gasteiger partial charge in [0.1, 0.15) is 30.1 Å². The van der Waals surface area contributed by atoms with Gasteiger partial charge in [-0.1, -0.05) is 61.0 Å². The van der Waals surface area contributed by atoms with E-state index in [4.69, 9.17) is 16.3 Å². The molecule has 1 aliphatic rings. The van der Waals surface area contributed by atoms with Crippen molar-refractivity contribution in [2.75, 3.05) is 6.61 Å². The summed E-state index contributed by atoms with van der Waals surface area (Å²) in [4.78, 5) is 40.0. The third kappa shape index (κ3) is 7.32. The van der Waals surface area contributed by atoms with Gasteiger partial charge in [-0.25, -0.2) is 4.68 Å². The lowest BCUT2D eigenvalue weighted by Gasteiger charge is -2.24. The summed E-state index contributed by atoms with van der Waals surface area (Å²) in [5.74, 6) is -0.892. The normalized spacial score (nSPS) is 19.0. The van der Waals surface area contributed by atoms with E-state index in [-0.39, 0.29) is 37.0 Å². The van der Waals surface area contributed by atoms with Gasteiger partial charge in [0.2, 0.25) is 11.8 Å². The van der Waals surface area contributed by atoms with Crippen LogP contribution in [-0.2, 0) is 29.1 Å². The second-order valence-electron chi connectivity index (χ2n) is 9.59. The van der Waals surface area contributed by atoms with Crippen molar-refractivity contribution in [3.8, 4) is 5.75 Å². The number of fused-ring (bicyclic) bond motifs is 3. The van der Waals surface area contributed by atoms with Crippen LogP contribution in [0.2, 0.25) is 5.02 Å². The maximum atomic E-state index is 13.5. The molecule has 0 radical (unpaired) electrons. The first-order chi connectivity index (χ1) is 18.3. The van der Waals surface area contributed by atoms with E-state index >= 15 is 0 Å². The highest BCUT2D eigenvalue weighted by Crippen LogP contribution is 2.23. The molecule has 2 aromatic carbocycles. The summed E-state index contributed by atoms with van der Waals surface area (Å²) in [6.45, 7) is 4.64. The number of nitrogens with zero attached hydrogens (tertiary/aromatic N) is 3. The Kier molecular flexibility index (Phi) is 8.96. The van der Waals surface area contributed by atoms with Crippen LogP contribution in [0.3, 0.4) is 0 Å². The minimum Gasteiger partial charge on any atom is -0.491 e. The van der Waals surface area contributed by atoms with E-state index < -0.39 is 23.9 Å². The predicted molar refractivity (Wildman–Crippen MR) is 142 cm³/mol. The molecule has 0 unspecified atom stereocenters. The largest absolute Gasteiger partial charge is 0.491 e. The molecule has 0 spiro atoms. The molecule has 1 aromatic heterocycles. The zero-order chi connectivity index (χ0) is 27.1. The number of hydrogen-bond donors (Lipinski definition) is 3. The Balaban J connectivity index is 1.66. The number of aromatic nitrogens is 3. The van der Waals surface area contributed by atoms with Gasteiger partial charge >= 0.3 is 0 Å². The van der Waals surface area contributed by atoms with Crippen molar-refractivity contribution in [3.05, 3.63) is 76.6 Å². The second kappa shape index (κ2) is 12.6. The van der Waals surface area contributed by atoms with Gasteiger partial charge in [-0.2, -0.15) is 0 Å². The Bertz CT molecular complexity index is 1280. The molecule has 10 nitrogen and oxygen atoms in total. The van der Waals surface area contributed by atoms with Crippen LogP contribution in [0.4, 0.5) is 0 Å². The van der Waals surface area contributed by atoms with Crippen LogP contribution in [0.25, 0.3) is 0 Å². The van der Waals surface area contributed by atoms with Gasteiger partial charge in [-0.15, -0.1) is 5.10 Å². The van der Waals surface area contributed by atoms with Crippen LogP contribution in [0, 0.1) is 5.92 Å². The SMILES string of the molecule is CC(C)C[C@H]1NC(=O)c2cc(Cl)ccc2OCCn2cc(nn2)CNC(=O)[C@@H](Cc2ccccc2)NC1=O. The Morgan fingerprint density at radius 2 is 1.84 bits per heavy atom. The van der Waals surface area contributed by atoms with Gasteiger partial charge in [0.15, 0.2) is 0 Å². The van der Waals surface area contributed by atoms with Gasteiger partial charge in [0, 0.05) is 11.4 Å². The molecule has 1 aliphatic heterocycles. The standard InChI is InChI=1S/C27H31ClN6O4/c1-17(2)12-22-27(37)31-23(13-18-6-4-3-5-7-18)26(36)29-15-20-16-34(33-32-20)10-11-38-24-9-8-19(28)14-21(24)25(35)30-22/h3-9,14,16-17,22-23H,10-13,15H2,1-2H3,(H,29,36)(H,30,35)(H,31,37)/t22-,23-/m1/s1. The molecule has 0 aliphatic carbocycles. The van der Waals surface area contributed by atoms with E-state index in [1.807, 2.05) is 44.2 Å². The van der Waals surface area contributed by atoms with Crippen molar-refractivity contribution in [1.82, 2.24) is 30.9 Å². The number of amides is 3. The van der Waals surface area contributed by atoms with Crippen molar-refractivity contribution >= 4 is 29.3 Å². The lowest BCUT2D eigenvalue weighted by atomic mass is 10.0. The number of nitrogens with one attached hydrogen (secondary N) is 3. The first-order valence-electron chi connectivity index (χ1n) is 12.5. The molecule has 3 aromatic rings. The lowest BCUT2D eigenvalue weighted by Crippen LogP contribution is -2.54. The van der Waals surface area contributed by atoms with Gasteiger partial charge in [-0.05, 0) is 36.1 Å². The number of hydrogen-bond acceptors (Lipinski definition) is 6. The van der Waals surface area contributed by atoms with Gasteiger partial charge in [0.25, 0.3) is 5.91 Å². The fourth-order valence-electron chi connectivity index (χ4n) is 4.15. The fourth-order valence-corrected chi connectivity index (χ4v) is 4.33. The molecule has 2 heterocycles. The molecular weight excluding hydrogens is 508 g/mol. The number of rotatable bonds is 4. The molecule has 38 heavy (non-hydrogen) atoms. The van der Waals surface area contributed by atoms with Crippen molar-refractivity contribution in [3.63, 3.8) is 0 Å². The summed E-state index contributed by atoms with van der Waals surface area (Å²) >= 11 is 6.18. The number of ether oxygens (including phenoxy) is 1. The highest BCUT2D eigenvalue weighted by atomic mass is 35.5. The highest BCUT2D eigenvalue weighted by Gasteiger charge is 2.29. The zero-order valence-corrected chi connectivity index (χ0v) is 22.1. The van der Waals surface area contributed by atoms with Gasteiger partial charge in [0.05, 0.1) is 24.8 Å². The molecule has 0 fully saturated rings. The summed E-state index contributed by atoms with van der Waals surface area (Å²) in [5.41, 5.74) is 1.66. The topological polar surface area (TPSA) is 127 Å². The van der Waals surface area contributed by atoms with Crippen LogP contribution in [0.15, 0.2) is 54.7 Å². The second-order valence-corrected chi connectivity index (χ2v) is 10.0. The summed E-state index contributed by atoms with van der Waals surface area (Å²) < 4.78 is 7.46. The summed E-state index contributed by atoms with van der Waals surface area (Å²) in [5, 5.41) is 17.1. The van der Waals surface area contributed by atoms with E-state index in [1.54, 1.807) is 23.0 Å². The van der Waals surface area contributed by atoms with Gasteiger partial charge < -0.3 is 20.7 Å². The van der Waals surface area contributed by atoms with Crippen LogP contribution in [0.1, 0.15) is 41.9 Å². The zero-order valence-electron chi connectivity index (χ0n) is 21.3. The van der Waals surface area contributed by atoms with E-state index in [0.717, 1.165) is 5.56 Å². The van der Waals surface area contributed by atoms with E-state index in [0.29, 0.717) is 29.4 Å². The van der Waals surface area contributed by atoms with E-state index in [2.05, 4.69) is 26.3 Å². The number of halogens is 1. The molecule has 2 atom stereocenters. The first-order valence-corrected chi connectivity index (χ1v) is 12.9. The minimum absolute atomic E-state index is 0.0959. The maximum Gasteiger partial charge on any atom is 0.255 e. The average Bonchev–Trinajstić information content (AvgIpc) is 3.34. The minimum atomic E-state index is -0.880. The molecule has 0 saturated heterocycles. The van der Waals surface area contributed by atoms with E-state index in [9.17, 15) is 14.4 Å². The molecule has 3 amide bonds. The third-order valence-corrected chi connectivity index (χ3v) is 6.27. The van der Waals surface area contributed by atoms with Crippen LogP contribution in [0.5, 0.6) is 5.75 Å². The molecule has 2 bridgehead atoms. The van der Waals surface area contributed by atoms with Crippen molar-refractivity contribution < 1.29 is 19.1 Å². The average molecular weight is 539 g/mol. The Morgan fingerprint density at radius 3 is 2.61 bits per heavy atom. The van der Waals surface area contributed by atoms with Crippen LogP contribution < -0.4 is 20.7 Å². The molecule has 11 heteroatoms. The predicted octanol–water partition coefficient (Wildman–Crippen LogP) is 2.51. The molecule has 3 N–H and O–H groups in total. The monoisotopic (exact) mass is 538 g/mol. The third-order valence-electron chi connectivity index (χ3n) is 6.04. The summed E-state index contributed by atoms with van der Waals surface area (Å²) in [6.07, 6.45) is 2.36. The smallest absolute Gasteiger partial charge is 0.255 e. The van der Waals surface area contributed by atoms with Crippen molar-refractivity contribution in [2.45, 2.75) is 51.9 Å². The van der Waals surface area contributed by atoms with Crippen molar-refractivity contribution in [2.24, 2.45) is 5.92 Å². The first kappa shape index (κ1) is 27.1. The molecule has 4 rings (SSSR count). The number of benzene rings is 2. The number of carbonyl (C=O) groups is 3. The Morgan fingerprint density at radius 1 is 1.05 bits per heavy atom. The Hall–Kier alpha value is -3.92. The summed E-state index contributed by atoms with van der Waals surface area (Å²) in [6, 6.07) is 12.4. The highest BCUT2D eigenvalue weighted by molar-refractivity contribution is 6.31. The van der Waals surface area contributed by atoms with E-state index in [1.165, 1.54) is 6.07 Å². The maximum absolute atomic E-state index is 13.5. The summed E-state index contributed by atoms with van der Waals surface area (Å²) in [7, 11) is 0. The van der Waals surface area contributed by atoms with Gasteiger partial charge in [-0.3, -0.25) is 14.4 Å².